The van der Waals surface area contributed by atoms with Crippen LogP contribution < -0.4 is 5.73 Å². The first-order valence-corrected chi connectivity index (χ1v) is 7.41. The van der Waals surface area contributed by atoms with Crippen molar-refractivity contribution in [3.8, 4) is 0 Å². The number of ether oxygens (including phenoxy) is 1. The lowest BCUT2D eigenvalue weighted by Gasteiger charge is -2.37. The van der Waals surface area contributed by atoms with Crippen molar-refractivity contribution in [1.82, 2.24) is 4.90 Å². The lowest BCUT2D eigenvalue weighted by atomic mass is 9.91. The fourth-order valence-electron chi connectivity index (χ4n) is 3.18. The molecule has 1 aromatic carbocycles. The summed E-state index contributed by atoms with van der Waals surface area (Å²) in [5.74, 6) is -0.589. The summed E-state index contributed by atoms with van der Waals surface area (Å²) in [5.41, 5.74) is 7.72. The van der Waals surface area contributed by atoms with Crippen LogP contribution in [0.1, 0.15) is 24.0 Å². The van der Waals surface area contributed by atoms with Crippen molar-refractivity contribution < 1.29 is 14.3 Å². The molecule has 3 rings (SSSR count). The van der Waals surface area contributed by atoms with Crippen LogP contribution in [0.25, 0.3) is 0 Å². The molecular formula is C16H20N2O3. The first-order valence-electron chi connectivity index (χ1n) is 7.41. The second kappa shape index (κ2) is 5.85. The molecule has 2 N–H and O–H groups in total. The third-order valence-corrected chi connectivity index (χ3v) is 4.37. The van der Waals surface area contributed by atoms with Crippen molar-refractivity contribution in [3.05, 3.63) is 35.4 Å². The van der Waals surface area contributed by atoms with Gasteiger partial charge in [0.25, 0.3) is 0 Å². The second-order valence-electron chi connectivity index (χ2n) is 5.77. The van der Waals surface area contributed by atoms with Gasteiger partial charge in [0.2, 0.25) is 11.8 Å². The molecular weight excluding hydrogens is 268 g/mol. The van der Waals surface area contributed by atoms with E-state index in [0.717, 1.165) is 24.0 Å². The molecule has 0 saturated carbocycles. The van der Waals surface area contributed by atoms with Gasteiger partial charge in [-0.15, -0.1) is 0 Å². The van der Waals surface area contributed by atoms with Crippen molar-refractivity contribution in [2.45, 2.75) is 31.8 Å². The van der Waals surface area contributed by atoms with E-state index in [9.17, 15) is 9.59 Å². The van der Waals surface area contributed by atoms with Gasteiger partial charge in [0.15, 0.2) is 0 Å². The Kier molecular flexibility index (Phi) is 3.92. The maximum absolute atomic E-state index is 12.7. The van der Waals surface area contributed by atoms with Crippen LogP contribution in [0.4, 0.5) is 0 Å². The van der Waals surface area contributed by atoms with E-state index in [-0.39, 0.29) is 11.8 Å². The van der Waals surface area contributed by atoms with E-state index in [2.05, 4.69) is 0 Å². The maximum Gasteiger partial charge on any atom is 0.240 e. The van der Waals surface area contributed by atoms with Gasteiger partial charge in [-0.1, -0.05) is 24.3 Å². The average Bonchev–Trinajstić information content (AvgIpc) is 2.53. The van der Waals surface area contributed by atoms with Crippen LogP contribution in [0.5, 0.6) is 0 Å². The minimum atomic E-state index is -0.547. The summed E-state index contributed by atoms with van der Waals surface area (Å²) in [6.07, 6.45) is 2.22. The molecule has 2 heterocycles. The standard InChI is InChI=1S/C16H20N2O3/c17-15(19)14-8-11-4-1-2-5-12(11)9-18(14)16(20)13-6-3-7-21-10-13/h1-2,4-5,13-14H,3,6-10H2,(H2,17,19)/t13-,14-/m0/s1. The molecule has 0 spiro atoms. The molecule has 0 radical (unpaired) electrons. The van der Waals surface area contributed by atoms with Crippen LogP contribution in [-0.2, 0) is 27.3 Å². The SMILES string of the molecule is NC(=O)[C@@H]1Cc2ccccc2CN1C(=O)[C@H]1CCCOC1. The van der Waals surface area contributed by atoms with Crippen molar-refractivity contribution in [2.75, 3.05) is 13.2 Å². The molecule has 1 aromatic rings. The van der Waals surface area contributed by atoms with E-state index in [4.69, 9.17) is 10.5 Å². The van der Waals surface area contributed by atoms with E-state index < -0.39 is 11.9 Å². The van der Waals surface area contributed by atoms with Crippen LogP contribution in [-0.4, -0.2) is 36.0 Å². The molecule has 2 aliphatic rings. The van der Waals surface area contributed by atoms with E-state index in [1.165, 1.54) is 0 Å². The van der Waals surface area contributed by atoms with Gasteiger partial charge in [-0.05, 0) is 24.0 Å². The highest BCUT2D eigenvalue weighted by molar-refractivity contribution is 5.88. The highest BCUT2D eigenvalue weighted by Crippen LogP contribution is 2.26. The Balaban J connectivity index is 1.85. The Hall–Kier alpha value is -1.88. The number of fused-ring (bicyclic) bond motifs is 1. The Morgan fingerprint density at radius 3 is 2.67 bits per heavy atom. The van der Waals surface area contributed by atoms with Crippen molar-refractivity contribution in [1.29, 1.82) is 0 Å². The number of amides is 2. The molecule has 1 saturated heterocycles. The first-order chi connectivity index (χ1) is 10.2. The largest absolute Gasteiger partial charge is 0.381 e. The number of hydrogen-bond acceptors (Lipinski definition) is 3. The van der Waals surface area contributed by atoms with Gasteiger partial charge in [-0.2, -0.15) is 0 Å². The molecule has 0 unspecified atom stereocenters. The summed E-state index contributed by atoms with van der Waals surface area (Å²) in [5, 5.41) is 0. The topological polar surface area (TPSA) is 72.6 Å². The Labute approximate surface area is 124 Å². The second-order valence-corrected chi connectivity index (χ2v) is 5.77. The predicted octanol–water partition coefficient (Wildman–Crippen LogP) is 0.852. The molecule has 5 heteroatoms. The molecule has 0 aliphatic carbocycles. The quantitative estimate of drug-likeness (QED) is 0.877. The monoisotopic (exact) mass is 288 g/mol. The summed E-state index contributed by atoms with van der Waals surface area (Å²) < 4.78 is 5.40. The zero-order chi connectivity index (χ0) is 14.8. The number of nitrogens with two attached hydrogens (primary N) is 1. The number of carbonyl (C=O) groups excluding carboxylic acids is 2. The van der Waals surface area contributed by atoms with Crippen molar-refractivity contribution in [2.24, 2.45) is 11.7 Å². The van der Waals surface area contributed by atoms with Crippen LogP contribution in [0.15, 0.2) is 24.3 Å². The molecule has 1 fully saturated rings. The van der Waals surface area contributed by atoms with Gasteiger partial charge >= 0.3 is 0 Å². The third kappa shape index (κ3) is 2.78. The number of rotatable bonds is 2. The molecule has 21 heavy (non-hydrogen) atoms. The highest BCUT2D eigenvalue weighted by Gasteiger charge is 2.36. The van der Waals surface area contributed by atoms with E-state index in [1.807, 2.05) is 24.3 Å². The predicted molar refractivity (Wildman–Crippen MR) is 77.2 cm³/mol. The zero-order valence-corrected chi connectivity index (χ0v) is 12.0. The number of benzene rings is 1. The van der Waals surface area contributed by atoms with Crippen LogP contribution in [0.3, 0.4) is 0 Å². The van der Waals surface area contributed by atoms with Crippen molar-refractivity contribution >= 4 is 11.8 Å². The summed E-state index contributed by atoms with van der Waals surface area (Å²) in [6.45, 7) is 1.62. The van der Waals surface area contributed by atoms with E-state index in [0.29, 0.717) is 26.2 Å². The van der Waals surface area contributed by atoms with E-state index in [1.54, 1.807) is 4.90 Å². The van der Waals surface area contributed by atoms with Crippen LogP contribution in [0, 0.1) is 5.92 Å². The summed E-state index contributed by atoms with van der Waals surface area (Å²) >= 11 is 0. The molecule has 2 atom stereocenters. The number of primary amides is 1. The normalized spacial score (nSPS) is 25.2. The van der Waals surface area contributed by atoms with Gasteiger partial charge < -0.3 is 15.4 Å². The number of carbonyl (C=O) groups is 2. The Morgan fingerprint density at radius 1 is 1.24 bits per heavy atom. The minimum Gasteiger partial charge on any atom is -0.381 e. The summed E-state index contributed by atoms with van der Waals surface area (Å²) in [7, 11) is 0. The van der Waals surface area contributed by atoms with Gasteiger partial charge in [0, 0.05) is 19.6 Å². The molecule has 2 amide bonds. The Bertz CT molecular complexity index is 552. The molecule has 112 valence electrons. The first kappa shape index (κ1) is 14.1. The number of nitrogens with zero attached hydrogens (tertiary/aromatic N) is 1. The zero-order valence-electron chi connectivity index (χ0n) is 12.0. The Morgan fingerprint density at radius 2 is 2.00 bits per heavy atom. The molecule has 0 aromatic heterocycles. The molecule has 5 nitrogen and oxygen atoms in total. The van der Waals surface area contributed by atoms with E-state index >= 15 is 0 Å². The fraction of sp³-hybridized carbons (Fsp3) is 0.500. The summed E-state index contributed by atoms with van der Waals surface area (Å²) in [6, 6.07) is 7.36. The minimum absolute atomic E-state index is 0.00648. The number of hydrogen-bond donors (Lipinski definition) is 1. The summed E-state index contributed by atoms with van der Waals surface area (Å²) in [4.78, 5) is 26.1. The van der Waals surface area contributed by atoms with Gasteiger partial charge in [-0.25, -0.2) is 0 Å². The maximum atomic E-state index is 12.7. The smallest absolute Gasteiger partial charge is 0.240 e. The fourth-order valence-corrected chi connectivity index (χ4v) is 3.18. The highest BCUT2D eigenvalue weighted by atomic mass is 16.5. The average molecular weight is 288 g/mol. The van der Waals surface area contributed by atoms with Gasteiger partial charge in [-0.3, -0.25) is 9.59 Å². The van der Waals surface area contributed by atoms with Crippen LogP contribution in [0.2, 0.25) is 0 Å². The lowest BCUT2D eigenvalue weighted by molar-refractivity contribution is -0.147. The lowest BCUT2D eigenvalue weighted by Crippen LogP contribution is -2.53. The van der Waals surface area contributed by atoms with Gasteiger partial charge in [0.1, 0.15) is 6.04 Å². The van der Waals surface area contributed by atoms with Crippen LogP contribution >= 0.6 is 0 Å². The molecule has 2 aliphatic heterocycles. The van der Waals surface area contributed by atoms with Gasteiger partial charge in [0.05, 0.1) is 12.5 Å². The molecule has 0 bridgehead atoms. The van der Waals surface area contributed by atoms with Crippen molar-refractivity contribution in [3.63, 3.8) is 0 Å². The third-order valence-electron chi connectivity index (χ3n) is 4.37.